The standard InChI is InChI=1S/C19H17F3N5O2S2/c1-10-13-8-12(20)9-14(11-3-5-23-15(21)7-11)17(13)24-18-25-19(26-27(10,18)31-22)30-6-4-16(28)29-2/h3,5,7-10H,4,6H2,1-2H3,(H,24,25,26)/q+1. The van der Waals surface area contributed by atoms with Crippen LogP contribution in [-0.2, 0) is 9.53 Å². The molecule has 2 aliphatic heterocycles. The number of anilines is 1. The van der Waals surface area contributed by atoms with E-state index in [0.717, 1.165) is 0 Å². The molecular weight excluding hydrogens is 451 g/mol. The molecule has 4 rings (SSSR count). The molecule has 2 atom stereocenters. The number of hydrogen-bond donors (Lipinski definition) is 1. The van der Waals surface area contributed by atoms with Crippen LogP contribution in [0.1, 0.15) is 24.9 Å². The van der Waals surface area contributed by atoms with E-state index in [1.165, 1.54) is 43.3 Å². The van der Waals surface area contributed by atoms with Gasteiger partial charge in [0.2, 0.25) is 5.95 Å². The molecule has 1 aromatic heterocycles. The number of quaternary nitrogens is 1. The molecular formula is C19H17F3N5O2S2+. The number of rotatable bonds is 5. The van der Waals surface area contributed by atoms with Crippen LogP contribution in [0.15, 0.2) is 40.6 Å². The summed E-state index contributed by atoms with van der Waals surface area (Å²) in [6.45, 7) is 1.71. The zero-order valence-corrected chi connectivity index (χ0v) is 18.1. The fourth-order valence-electron chi connectivity index (χ4n) is 3.43. The first kappa shape index (κ1) is 21.7. The number of halogens is 3. The SMILES string of the molecule is COC(=O)CCSC1=N[N+]2(SF)C(=N1)Nc1c(-c3ccnc(F)c3)cc(F)cc1C2C. The summed E-state index contributed by atoms with van der Waals surface area (Å²) in [7, 11) is 1.30. The van der Waals surface area contributed by atoms with Gasteiger partial charge in [-0.05, 0) is 39.8 Å². The molecule has 1 aromatic carbocycles. The highest BCUT2D eigenvalue weighted by molar-refractivity contribution is 8.13. The van der Waals surface area contributed by atoms with Gasteiger partial charge in [0.25, 0.3) is 5.17 Å². The second-order valence-electron chi connectivity index (χ2n) is 6.77. The van der Waals surface area contributed by atoms with E-state index >= 15 is 0 Å². The van der Waals surface area contributed by atoms with Crippen LogP contribution in [0.5, 0.6) is 0 Å². The van der Waals surface area contributed by atoms with Crippen molar-refractivity contribution < 1.29 is 26.2 Å². The van der Waals surface area contributed by atoms with Crippen LogP contribution in [0.4, 0.5) is 18.4 Å². The number of aromatic nitrogens is 1. The summed E-state index contributed by atoms with van der Waals surface area (Å²) in [6.07, 6.45) is 1.44. The molecule has 2 aliphatic rings. The Balaban J connectivity index is 1.73. The number of carbonyl (C=O) groups excluding carboxylic acids is 1. The second kappa shape index (κ2) is 8.52. The minimum atomic E-state index is -0.699. The molecule has 0 bridgehead atoms. The number of guanidine groups is 1. The molecule has 7 nitrogen and oxygen atoms in total. The minimum Gasteiger partial charge on any atom is -0.469 e. The van der Waals surface area contributed by atoms with Gasteiger partial charge >= 0.3 is 24.3 Å². The number of benzene rings is 1. The maximum atomic E-state index is 14.5. The molecule has 0 aliphatic carbocycles. The van der Waals surface area contributed by atoms with Gasteiger partial charge in [0.05, 0.1) is 19.2 Å². The van der Waals surface area contributed by atoms with Crippen LogP contribution in [0.25, 0.3) is 11.1 Å². The highest BCUT2D eigenvalue weighted by Gasteiger charge is 2.54. The molecule has 162 valence electrons. The van der Waals surface area contributed by atoms with Gasteiger partial charge in [0.15, 0.2) is 6.04 Å². The lowest BCUT2D eigenvalue weighted by Crippen LogP contribution is -2.48. The van der Waals surface area contributed by atoms with Crippen molar-refractivity contribution in [1.29, 1.82) is 0 Å². The molecule has 0 fully saturated rings. The van der Waals surface area contributed by atoms with E-state index in [9.17, 15) is 17.5 Å². The minimum absolute atomic E-state index is 0.0472. The predicted octanol–water partition coefficient (Wildman–Crippen LogP) is 4.80. The van der Waals surface area contributed by atoms with Gasteiger partial charge in [0.1, 0.15) is 5.82 Å². The van der Waals surface area contributed by atoms with Gasteiger partial charge in [-0.2, -0.15) is 4.39 Å². The summed E-state index contributed by atoms with van der Waals surface area (Å²) in [5.74, 6) is -1.05. The summed E-state index contributed by atoms with van der Waals surface area (Å²) >= 11 is 1.14. The third-order valence-electron chi connectivity index (χ3n) is 4.99. The molecule has 0 radical (unpaired) electrons. The number of pyridine rings is 1. The van der Waals surface area contributed by atoms with Crippen LogP contribution < -0.4 is 5.32 Å². The number of hydrogen-bond acceptors (Lipinski definition) is 8. The second-order valence-corrected chi connectivity index (χ2v) is 8.53. The van der Waals surface area contributed by atoms with Crippen LogP contribution in [0, 0.1) is 11.8 Å². The number of esters is 1. The number of ether oxygens (including phenoxy) is 1. The topological polar surface area (TPSA) is 75.9 Å². The van der Waals surface area contributed by atoms with Crippen LogP contribution in [0.3, 0.4) is 0 Å². The number of fused-ring (bicyclic) bond motifs is 2. The van der Waals surface area contributed by atoms with E-state index in [4.69, 9.17) is 0 Å². The van der Waals surface area contributed by atoms with Gasteiger partial charge < -0.3 is 4.74 Å². The fourth-order valence-corrected chi connectivity index (χ4v) is 4.76. The van der Waals surface area contributed by atoms with Crippen molar-refractivity contribution >= 4 is 46.9 Å². The van der Waals surface area contributed by atoms with Crippen molar-refractivity contribution in [2.24, 2.45) is 10.1 Å². The first-order valence-corrected chi connectivity index (χ1v) is 10.8. The lowest BCUT2D eigenvalue weighted by molar-refractivity contribution is -0.741. The first-order valence-electron chi connectivity index (χ1n) is 9.18. The molecule has 3 heterocycles. The summed E-state index contributed by atoms with van der Waals surface area (Å²) in [5, 5.41) is 7.76. The number of amidine groups is 1. The van der Waals surface area contributed by atoms with E-state index in [1.807, 2.05) is 0 Å². The Morgan fingerprint density at radius 2 is 2.13 bits per heavy atom. The first-order chi connectivity index (χ1) is 14.9. The average molecular weight is 469 g/mol. The summed E-state index contributed by atoms with van der Waals surface area (Å²) in [6, 6.07) is 4.71. The maximum Gasteiger partial charge on any atom is 0.351 e. The van der Waals surface area contributed by atoms with Crippen molar-refractivity contribution in [2.75, 3.05) is 18.2 Å². The zero-order valence-electron chi connectivity index (χ0n) is 16.4. The van der Waals surface area contributed by atoms with Crippen molar-refractivity contribution in [3.8, 4) is 11.1 Å². The summed E-state index contributed by atoms with van der Waals surface area (Å²) < 4.78 is 46.4. The molecule has 2 aromatic rings. The van der Waals surface area contributed by atoms with E-state index in [2.05, 4.69) is 25.1 Å². The van der Waals surface area contributed by atoms with E-state index in [0.29, 0.717) is 28.1 Å². The monoisotopic (exact) mass is 468 g/mol. The molecule has 2 unspecified atom stereocenters. The van der Waals surface area contributed by atoms with Gasteiger partial charge in [-0.1, -0.05) is 15.6 Å². The number of carbonyl (C=O) groups is 1. The lowest BCUT2D eigenvalue weighted by atomic mass is 9.95. The maximum absolute atomic E-state index is 14.5. The highest BCUT2D eigenvalue weighted by Crippen LogP contribution is 2.50. The molecule has 0 amide bonds. The number of nitrogens with one attached hydrogen (secondary N) is 1. The quantitative estimate of drug-likeness (QED) is 0.294. The Hall–Kier alpha value is -2.57. The average Bonchev–Trinajstić information content (AvgIpc) is 3.13. The molecule has 0 saturated heterocycles. The predicted molar refractivity (Wildman–Crippen MR) is 115 cm³/mol. The number of thioether (sulfide) groups is 1. The highest BCUT2D eigenvalue weighted by atomic mass is 32.2. The molecule has 1 N–H and O–H groups in total. The Morgan fingerprint density at radius 3 is 2.84 bits per heavy atom. The zero-order chi connectivity index (χ0) is 22.2. The largest absolute Gasteiger partial charge is 0.469 e. The van der Waals surface area contributed by atoms with E-state index in [1.54, 1.807) is 13.0 Å². The fraction of sp³-hybridized carbons (Fsp3) is 0.263. The smallest absolute Gasteiger partial charge is 0.351 e. The van der Waals surface area contributed by atoms with E-state index < -0.39 is 21.8 Å². The third-order valence-corrected chi connectivity index (χ3v) is 6.61. The van der Waals surface area contributed by atoms with Gasteiger partial charge in [-0.3, -0.25) is 10.1 Å². The van der Waals surface area contributed by atoms with Crippen LogP contribution in [0.2, 0.25) is 0 Å². The van der Waals surface area contributed by atoms with Gasteiger partial charge in [0, 0.05) is 29.1 Å². The Bertz CT molecular complexity index is 1110. The van der Waals surface area contributed by atoms with Crippen molar-refractivity contribution in [3.05, 3.63) is 47.8 Å². The number of aliphatic imine (C=N–C) groups is 1. The van der Waals surface area contributed by atoms with Crippen molar-refractivity contribution in [2.45, 2.75) is 19.4 Å². The molecule has 12 heteroatoms. The summed E-state index contributed by atoms with van der Waals surface area (Å²) in [4.78, 5) is 19.3. The van der Waals surface area contributed by atoms with Crippen LogP contribution >= 0.6 is 24.1 Å². The van der Waals surface area contributed by atoms with Gasteiger partial charge in [-0.25, -0.2) is 9.37 Å². The van der Waals surface area contributed by atoms with Crippen molar-refractivity contribution in [1.82, 2.24) is 4.98 Å². The Morgan fingerprint density at radius 1 is 1.32 bits per heavy atom. The van der Waals surface area contributed by atoms with E-state index in [-0.39, 0.29) is 35.9 Å². The number of methoxy groups -OCH3 is 1. The Kier molecular flexibility index (Phi) is 5.95. The summed E-state index contributed by atoms with van der Waals surface area (Å²) in [5.41, 5.74) is 1.79. The van der Waals surface area contributed by atoms with Crippen molar-refractivity contribution in [3.63, 3.8) is 0 Å². The molecule has 31 heavy (non-hydrogen) atoms. The normalized spacial score (nSPS) is 21.5. The molecule has 0 saturated carbocycles. The molecule has 0 spiro atoms. The van der Waals surface area contributed by atoms with Gasteiger partial charge in [-0.15, -0.1) is 4.99 Å². The lowest BCUT2D eigenvalue weighted by Gasteiger charge is -2.35. The van der Waals surface area contributed by atoms with Crippen LogP contribution in [-0.4, -0.2) is 38.9 Å². The Labute approximate surface area is 184 Å². The third kappa shape index (κ3) is 3.90. The number of nitrogens with zero attached hydrogens (tertiary/aromatic N) is 4.